The minimum Gasteiger partial charge on any atom is -0.198 e. The monoisotopic (exact) mass is 161 g/mol. The van der Waals surface area contributed by atoms with Crippen molar-refractivity contribution in [1.29, 1.82) is 5.26 Å². The van der Waals surface area contributed by atoms with Crippen LogP contribution in [0.4, 0.5) is 0 Å². The second-order valence-electron chi connectivity index (χ2n) is 4.44. The standard InChI is InChI=1S/C9H11N3/c1-9(4-10)5-2-7(5)11-12-8-3-6(8)9/h5-8H,2-3H2,1H3. The third-order valence-electron chi connectivity index (χ3n) is 3.66. The van der Waals surface area contributed by atoms with Crippen molar-refractivity contribution >= 4 is 0 Å². The fraction of sp³-hybridized carbons (Fsp3) is 0.889. The Morgan fingerprint density at radius 3 is 2.17 bits per heavy atom. The molecular weight excluding hydrogens is 150 g/mol. The van der Waals surface area contributed by atoms with Gasteiger partial charge in [0.1, 0.15) is 0 Å². The predicted molar refractivity (Wildman–Crippen MR) is 42.4 cm³/mol. The molecule has 3 heteroatoms. The smallest absolute Gasteiger partial charge is 0.0756 e. The first kappa shape index (κ1) is 6.59. The minimum atomic E-state index is -0.112. The van der Waals surface area contributed by atoms with Gasteiger partial charge in [-0.05, 0) is 19.8 Å². The zero-order chi connectivity index (χ0) is 8.34. The van der Waals surface area contributed by atoms with Gasteiger partial charge in [0.15, 0.2) is 0 Å². The van der Waals surface area contributed by atoms with Crippen molar-refractivity contribution in [2.75, 3.05) is 0 Å². The van der Waals surface area contributed by atoms with Gasteiger partial charge < -0.3 is 0 Å². The molecule has 0 N–H and O–H groups in total. The fourth-order valence-electron chi connectivity index (χ4n) is 2.52. The fourth-order valence-corrected chi connectivity index (χ4v) is 2.52. The third kappa shape index (κ3) is 0.615. The lowest BCUT2D eigenvalue weighted by molar-refractivity contribution is 0.319. The topological polar surface area (TPSA) is 48.5 Å². The first-order chi connectivity index (χ1) is 5.75. The summed E-state index contributed by atoms with van der Waals surface area (Å²) in [6.07, 6.45) is 2.19. The van der Waals surface area contributed by atoms with Crippen LogP contribution in [0.25, 0.3) is 0 Å². The number of rotatable bonds is 0. The molecule has 0 spiro atoms. The molecule has 2 saturated carbocycles. The maximum absolute atomic E-state index is 9.14. The quantitative estimate of drug-likeness (QED) is 0.534. The molecule has 4 atom stereocenters. The van der Waals surface area contributed by atoms with E-state index >= 15 is 0 Å². The molecule has 3 aliphatic rings. The van der Waals surface area contributed by atoms with Crippen LogP contribution in [-0.4, -0.2) is 12.1 Å². The normalized spacial score (nSPS) is 59.3. The summed E-state index contributed by atoms with van der Waals surface area (Å²) in [5, 5.41) is 17.6. The van der Waals surface area contributed by atoms with Crippen molar-refractivity contribution in [3.05, 3.63) is 0 Å². The molecule has 3 rings (SSSR count). The van der Waals surface area contributed by atoms with Crippen LogP contribution < -0.4 is 0 Å². The van der Waals surface area contributed by atoms with Crippen molar-refractivity contribution in [2.45, 2.75) is 31.8 Å². The molecule has 0 radical (unpaired) electrons. The maximum atomic E-state index is 9.14. The number of hydrogen-bond acceptors (Lipinski definition) is 3. The molecular formula is C9H11N3. The zero-order valence-electron chi connectivity index (χ0n) is 7.07. The molecule has 0 aromatic rings. The number of nitrogens with zero attached hydrogens (tertiary/aromatic N) is 3. The van der Waals surface area contributed by atoms with E-state index in [2.05, 4.69) is 23.2 Å². The molecule has 12 heavy (non-hydrogen) atoms. The molecule has 62 valence electrons. The number of hydrogen-bond donors (Lipinski definition) is 0. The Hall–Kier alpha value is -0.910. The van der Waals surface area contributed by atoms with Gasteiger partial charge in [0.05, 0.1) is 23.6 Å². The first-order valence-corrected chi connectivity index (χ1v) is 4.57. The lowest BCUT2D eigenvalue weighted by atomic mass is 9.81. The summed E-state index contributed by atoms with van der Waals surface area (Å²) in [5.74, 6) is 1.03. The van der Waals surface area contributed by atoms with Gasteiger partial charge in [-0.2, -0.15) is 15.5 Å². The lowest BCUT2D eigenvalue weighted by Crippen LogP contribution is -2.21. The van der Waals surface area contributed by atoms with Gasteiger partial charge >= 0.3 is 0 Å². The molecule has 4 unspecified atom stereocenters. The number of nitriles is 1. The average Bonchev–Trinajstić information content (AvgIpc) is 2.89. The maximum Gasteiger partial charge on any atom is 0.0756 e. The van der Waals surface area contributed by atoms with Gasteiger partial charge in [-0.25, -0.2) is 0 Å². The highest BCUT2D eigenvalue weighted by molar-refractivity contribution is 5.22. The van der Waals surface area contributed by atoms with Gasteiger partial charge in [-0.1, -0.05) is 0 Å². The molecule has 3 nitrogen and oxygen atoms in total. The van der Waals surface area contributed by atoms with Crippen molar-refractivity contribution in [3.8, 4) is 6.07 Å². The van der Waals surface area contributed by atoms with E-state index in [1.807, 2.05) is 0 Å². The Kier molecular flexibility index (Phi) is 0.938. The Bertz CT molecular complexity index is 281. The van der Waals surface area contributed by atoms with Crippen LogP contribution in [0.3, 0.4) is 0 Å². The largest absolute Gasteiger partial charge is 0.198 e. The second-order valence-corrected chi connectivity index (χ2v) is 4.44. The zero-order valence-corrected chi connectivity index (χ0v) is 7.07. The SMILES string of the molecule is CC1(C#N)C2CC2N=NC2CC21. The van der Waals surface area contributed by atoms with Crippen LogP contribution >= 0.6 is 0 Å². The third-order valence-corrected chi connectivity index (χ3v) is 3.66. The van der Waals surface area contributed by atoms with Gasteiger partial charge in [0, 0.05) is 11.8 Å². The average molecular weight is 161 g/mol. The van der Waals surface area contributed by atoms with Crippen LogP contribution in [0, 0.1) is 28.6 Å². The first-order valence-electron chi connectivity index (χ1n) is 4.57. The van der Waals surface area contributed by atoms with E-state index in [4.69, 9.17) is 5.26 Å². The minimum absolute atomic E-state index is 0.112. The summed E-state index contributed by atoms with van der Waals surface area (Å²) in [6.45, 7) is 2.10. The highest BCUT2D eigenvalue weighted by Gasteiger charge is 2.63. The van der Waals surface area contributed by atoms with Crippen molar-refractivity contribution in [1.82, 2.24) is 0 Å². The number of fused-ring (bicyclic) bond motifs is 2. The summed E-state index contributed by atoms with van der Waals surface area (Å²) in [4.78, 5) is 0. The summed E-state index contributed by atoms with van der Waals surface area (Å²) >= 11 is 0. The van der Waals surface area contributed by atoms with E-state index in [1.165, 1.54) is 0 Å². The summed E-state index contributed by atoms with van der Waals surface area (Å²) in [7, 11) is 0. The highest BCUT2D eigenvalue weighted by Crippen LogP contribution is 2.61. The highest BCUT2D eigenvalue weighted by atomic mass is 15.2. The predicted octanol–water partition coefficient (Wildman–Crippen LogP) is 1.76. The Balaban J connectivity index is 2.00. The molecule has 0 aromatic heterocycles. The molecule has 0 aromatic carbocycles. The van der Waals surface area contributed by atoms with E-state index in [0.717, 1.165) is 12.8 Å². The van der Waals surface area contributed by atoms with E-state index in [9.17, 15) is 0 Å². The Labute approximate surface area is 71.5 Å². The van der Waals surface area contributed by atoms with Crippen LogP contribution in [-0.2, 0) is 0 Å². The van der Waals surface area contributed by atoms with Crippen LogP contribution in [0.1, 0.15) is 19.8 Å². The van der Waals surface area contributed by atoms with E-state index in [-0.39, 0.29) is 5.41 Å². The van der Waals surface area contributed by atoms with Crippen molar-refractivity contribution < 1.29 is 0 Å². The molecule has 2 fully saturated rings. The summed E-state index contributed by atoms with van der Waals surface area (Å²) < 4.78 is 0. The van der Waals surface area contributed by atoms with Crippen LogP contribution in [0.15, 0.2) is 10.2 Å². The molecule has 0 bridgehead atoms. The second kappa shape index (κ2) is 1.71. The van der Waals surface area contributed by atoms with E-state index in [1.54, 1.807) is 0 Å². The molecule has 1 aliphatic heterocycles. The lowest BCUT2D eigenvalue weighted by Gasteiger charge is -2.19. The van der Waals surface area contributed by atoms with Crippen LogP contribution in [0.2, 0.25) is 0 Å². The summed E-state index contributed by atoms with van der Waals surface area (Å²) in [5.41, 5.74) is -0.112. The van der Waals surface area contributed by atoms with Gasteiger partial charge in [0.2, 0.25) is 0 Å². The number of azo groups is 1. The van der Waals surface area contributed by atoms with Crippen LogP contribution in [0.5, 0.6) is 0 Å². The van der Waals surface area contributed by atoms with E-state index < -0.39 is 0 Å². The molecule has 1 heterocycles. The Morgan fingerprint density at radius 1 is 1.25 bits per heavy atom. The summed E-state index contributed by atoms with van der Waals surface area (Å²) in [6, 6.07) is 3.27. The molecule has 0 amide bonds. The van der Waals surface area contributed by atoms with E-state index in [0.29, 0.717) is 23.9 Å². The van der Waals surface area contributed by atoms with Crippen molar-refractivity contribution in [2.24, 2.45) is 27.5 Å². The Morgan fingerprint density at radius 2 is 1.75 bits per heavy atom. The van der Waals surface area contributed by atoms with Gasteiger partial charge in [-0.3, -0.25) is 0 Å². The molecule has 0 saturated heterocycles. The van der Waals surface area contributed by atoms with Gasteiger partial charge in [-0.15, -0.1) is 0 Å². The van der Waals surface area contributed by atoms with Crippen molar-refractivity contribution in [3.63, 3.8) is 0 Å². The molecule has 2 aliphatic carbocycles. The van der Waals surface area contributed by atoms with Gasteiger partial charge in [0.25, 0.3) is 0 Å².